The van der Waals surface area contributed by atoms with Crippen molar-refractivity contribution in [3.05, 3.63) is 29.4 Å². The molecule has 11 heteroatoms. The number of carbonyl (C=O) groups is 1. The highest BCUT2D eigenvalue weighted by Crippen LogP contribution is 2.36. The quantitative estimate of drug-likeness (QED) is 0.564. The van der Waals surface area contributed by atoms with E-state index in [2.05, 4.69) is 30.8 Å². The summed E-state index contributed by atoms with van der Waals surface area (Å²) in [5.41, 5.74) is 1.43. The summed E-state index contributed by atoms with van der Waals surface area (Å²) < 4.78 is 25.8. The lowest BCUT2D eigenvalue weighted by atomic mass is 9.97. The molecule has 0 saturated carbocycles. The van der Waals surface area contributed by atoms with Gasteiger partial charge < -0.3 is 10.2 Å². The van der Waals surface area contributed by atoms with Crippen molar-refractivity contribution in [1.29, 1.82) is 0 Å². The number of hydrogen-bond donors (Lipinski definition) is 2. The molecule has 2 fully saturated rings. The number of halogens is 2. The molecule has 174 valence electrons. The van der Waals surface area contributed by atoms with E-state index in [1.54, 1.807) is 12.3 Å². The Morgan fingerprint density at radius 3 is 2.64 bits per heavy atom. The Kier molecular flexibility index (Phi) is 6.15. The number of urea groups is 1. The lowest BCUT2D eigenvalue weighted by molar-refractivity contribution is 0.133. The standard InChI is InChI=1S/C22H25F2N7OS/c1-12-29-30-21(33-12)18-5-2-13-11-25-20(8-19(13)27-18)28-22(32)31-16-3-4-17(31)7-14(6-16)26-15(9-23)10-24/h2,5,8,11,14-17,26H,3-4,6-7,9-10H2,1H3,(H,25,28,32)/t14?,16-,17+. The summed E-state index contributed by atoms with van der Waals surface area (Å²) in [6, 6.07) is 4.72. The number of aromatic nitrogens is 4. The minimum Gasteiger partial charge on any atom is -0.318 e. The molecule has 33 heavy (non-hydrogen) atoms. The third-order valence-corrected chi connectivity index (χ3v) is 7.23. The number of alkyl halides is 2. The number of nitrogens with one attached hydrogen (secondary N) is 2. The largest absolute Gasteiger partial charge is 0.323 e. The first-order chi connectivity index (χ1) is 16.0. The molecule has 0 aliphatic carbocycles. The van der Waals surface area contributed by atoms with Crippen LogP contribution in [0.4, 0.5) is 19.4 Å². The van der Waals surface area contributed by atoms with Crippen LogP contribution in [-0.4, -0.2) is 68.6 Å². The first-order valence-corrected chi connectivity index (χ1v) is 11.9. The van der Waals surface area contributed by atoms with Crippen molar-refractivity contribution in [2.45, 2.75) is 56.8 Å². The predicted octanol–water partition coefficient (Wildman–Crippen LogP) is 3.88. The van der Waals surface area contributed by atoms with Crippen LogP contribution < -0.4 is 10.6 Å². The van der Waals surface area contributed by atoms with E-state index in [1.165, 1.54) is 11.3 Å². The summed E-state index contributed by atoms with van der Waals surface area (Å²) >= 11 is 1.47. The van der Waals surface area contributed by atoms with Crippen LogP contribution in [0.1, 0.15) is 30.7 Å². The molecular formula is C22H25F2N7OS. The molecule has 8 nitrogen and oxygen atoms in total. The molecule has 5 heterocycles. The van der Waals surface area contributed by atoms with E-state index in [9.17, 15) is 13.6 Å². The number of anilines is 1. The lowest BCUT2D eigenvalue weighted by Gasteiger charge is -2.39. The van der Waals surface area contributed by atoms with Crippen LogP contribution in [0.5, 0.6) is 0 Å². The SMILES string of the molecule is Cc1nnc(-c2ccc3cnc(NC(=O)N4[C@@H]5CC[C@H]4CC(NC(CF)CF)C5)cc3n2)s1. The number of pyridine rings is 2. The fourth-order valence-corrected chi connectivity index (χ4v) is 5.55. The minimum atomic E-state index is -0.766. The van der Waals surface area contributed by atoms with Gasteiger partial charge in [0.05, 0.1) is 11.6 Å². The summed E-state index contributed by atoms with van der Waals surface area (Å²) in [7, 11) is 0. The van der Waals surface area contributed by atoms with Crippen LogP contribution in [0.3, 0.4) is 0 Å². The molecule has 0 spiro atoms. The Morgan fingerprint density at radius 2 is 1.97 bits per heavy atom. The van der Waals surface area contributed by atoms with Gasteiger partial charge in [-0.25, -0.2) is 23.5 Å². The van der Waals surface area contributed by atoms with Crippen LogP contribution in [-0.2, 0) is 0 Å². The van der Waals surface area contributed by atoms with Crippen LogP contribution in [0.15, 0.2) is 24.4 Å². The van der Waals surface area contributed by atoms with Gasteiger partial charge in [0.15, 0.2) is 5.01 Å². The van der Waals surface area contributed by atoms with Gasteiger partial charge in [0.25, 0.3) is 0 Å². The van der Waals surface area contributed by atoms with E-state index in [4.69, 9.17) is 0 Å². The van der Waals surface area contributed by atoms with Crippen LogP contribution in [0.2, 0.25) is 0 Å². The Balaban J connectivity index is 1.29. The Morgan fingerprint density at radius 1 is 1.21 bits per heavy atom. The second-order valence-corrected chi connectivity index (χ2v) is 9.83. The van der Waals surface area contributed by atoms with E-state index in [0.29, 0.717) is 24.2 Å². The molecule has 2 aliphatic heterocycles. The number of nitrogens with zero attached hydrogens (tertiary/aromatic N) is 5. The normalized spacial score (nSPS) is 22.3. The van der Waals surface area contributed by atoms with Gasteiger partial charge in [-0.2, -0.15) is 0 Å². The van der Waals surface area contributed by atoms with Crippen LogP contribution in [0.25, 0.3) is 21.6 Å². The van der Waals surface area contributed by atoms with Gasteiger partial charge in [-0.1, -0.05) is 11.3 Å². The molecule has 3 atom stereocenters. The van der Waals surface area contributed by atoms with Crippen LogP contribution >= 0.6 is 11.3 Å². The summed E-state index contributed by atoms with van der Waals surface area (Å²) in [6.45, 7) is 0.440. The number of aryl methyl sites for hydroxylation is 1. The van der Waals surface area contributed by atoms with Crippen molar-refractivity contribution in [2.24, 2.45) is 0 Å². The van der Waals surface area contributed by atoms with E-state index in [1.807, 2.05) is 24.0 Å². The fourth-order valence-electron chi connectivity index (χ4n) is 4.89. The average Bonchev–Trinajstić information content (AvgIpc) is 3.37. The van der Waals surface area contributed by atoms with Crippen molar-refractivity contribution in [1.82, 2.24) is 30.4 Å². The van der Waals surface area contributed by atoms with E-state index in [0.717, 1.165) is 33.9 Å². The number of hydrogen-bond acceptors (Lipinski definition) is 7. The Hall–Kier alpha value is -2.79. The zero-order chi connectivity index (χ0) is 22.9. The minimum absolute atomic E-state index is 0.0217. The topological polar surface area (TPSA) is 95.9 Å². The molecule has 0 radical (unpaired) electrons. The first kappa shape index (κ1) is 22.0. The monoisotopic (exact) mass is 473 g/mol. The van der Waals surface area contributed by atoms with Crippen molar-refractivity contribution in [2.75, 3.05) is 18.7 Å². The third kappa shape index (κ3) is 4.51. The molecular weight excluding hydrogens is 448 g/mol. The maximum atomic E-state index is 13.1. The van der Waals surface area contributed by atoms with Gasteiger partial charge in [0.1, 0.15) is 29.9 Å². The van der Waals surface area contributed by atoms with Gasteiger partial charge in [-0.05, 0) is 44.7 Å². The molecule has 2 aliphatic rings. The van der Waals surface area contributed by atoms with Gasteiger partial charge >= 0.3 is 6.03 Å². The number of carbonyl (C=O) groups excluding carboxylic acids is 1. The lowest BCUT2D eigenvalue weighted by Crippen LogP contribution is -2.54. The summed E-state index contributed by atoms with van der Waals surface area (Å²) in [5, 5.41) is 16.7. The van der Waals surface area contributed by atoms with E-state index >= 15 is 0 Å². The summed E-state index contributed by atoms with van der Waals surface area (Å²) in [4.78, 5) is 24.0. The summed E-state index contributed by atoms with van der Waals surface area (Å²) in [5.74, 6) is 0.431. The molecule has 3 aromatic heterocycles. The molecule has 2 N–H and O–H groups in total. The number of rotatable bonds is 6. The second kappa shape index (κ2) is 9.22. The molecule has 5 rings (SSSR count). The Bertz CT molecular complexity index is 1140. The number of amides is 2. The first-order valence-electron chi connectivity index (χ1n) is 11.1. The van der Waals surface area contributed by atoms with Gasteiger partial charge in [0, 0.05) is 35.8 Å². The van der Waals surface area contributed by atoms with Gasteiger partial charge in [0.2, 0.25) is 0 Å². The molecule has 1 unspecified atom stereocenters. The molecule has 0 aromatic carbocycles. The summed E-state index contributed by atoms with van der Waals surface area (Å²) in [6.07, 6.45) is 4.86. The van der Waals surface area contributed by atoms with Crippen LogP contribution in [0, 0.1) is 6.92 Å². The van der Waals surface area contributed by atoms with Gasteiger partial charge in [-0.3, -0.25) is 5.32 Å². The highest BCUT2D eigenvalue weighted by atomic mass is 32.1. The molecule has 3 aromatic rings. The molecule has 2 saturated heterocycles. The Labute approximate surface area is 193 Å². The smallest absolute Gasteiger partial charge is 0.318 e. The highest BCUT2D eigenvalue weighted by Gasteiger charge is 2.43. The zero-order valence-electron chi connectivity index (χ0n) is 18.2. The maximum absolute atomic E-state index is 13.1. The van der Waals surface area contributed by atoms with Crippen molar-refractivity contribution in [3.8, 4) is 10.7 Å². The van der Waals surface area contributed by atoms with Crippen molar-refractivity contribution < 1.29 is 13.6 Å². The van der Waals surface area contributed by atoms with Gasteiger partial charge in [-0.15, -0.1) is 10.2 Å². The predicted molar refractivity (Wildman–Crippen MR) is 123 cm³/mol. The second-order valence-electron chi connectivity index (χ2n) is 8.65. The van der Waals surface area contributed by atoms with Crippen molar-refractivity contribution >= 4 is 34.1 Å². The van der Waals surface area contributed by atoms with E-state index in [-0.39, 0.29) is 24.2 Å². The average molecular weight is 474 g/mol. The van der Waals surface area contributed by atoms with Crippen molar-refractivity contribution in [3.63, 3.8) is 0 Å². The maximum Gasteiger partial charge on any atom is 0.323 e. The zero-order valence-corrected chi connectivity index (χ0v) is 19.0. The number of piperidine rings is 1. The van der Waals surface area contributed by atoms with E-state index < -0.39 is 19.4 Å². The third-order valence-electron chi connectivity index (χ3n) is 6.37. The highest BCUT2D eigenvalue weighted by molar-refractivity contribution is 7.14. The number of fused-ring (bicyclic) bond motifs is 3. The fraction of sp³-hybridized carbons (Fsp3) is 0.500. The molecule has 2 bridgehead atoms. The molecule has 2 amide bonds.